The summed E-state index contributed by atoms with van der Waals surface area (Å²) in [4.78, 5) is 7.32. The van der Waals surface area contributed by atoms with Crippen LogP contribution in [0.5, 0.6) is 0 Å². The van der Waals surface area contributed by atoms with Gasteiger partial charge < -0.3 is 15.2 Å². The molecule has 0 atom stereocenters. The van der Waals surface area contributed by atoms with Gasteiger partial charge in [-0.3, -0.25) is 0 Å². The van der Waals surface area contributed by atoms with Crippen LogP contribution in [0.1, 0.15) is 50.2 Å². The maximum atomic E-state index is 6.32. The van der Waals surface area contributed by atoms with Crippen LogP contribution in [0.2, 0.25) is 0 Å². The molecule has 1 saturated heterocycles. The highest BCUT2D eigenvalue weighted by Crippen LogP contribution is 2.34. The molecule has 1 aromatic carbocycles. The Hall–Kier alpha value is -1.71. The van der Waals surface area contributed by atoms with Crippen molar-refractivity contribution >= 4 is 22.7 Å². The first kappa shape index (κ1) is 14.2. The standard InChI is InChI=1S/C17H26N4/c1-11(2)13-10-14-16(12(3)15(13)18)19-17(20(14)4)21-8-6-5-7-9-21/h10-11H,5-9,18H2,1-4H3. The van der Waals surface area contributed by atoms with E-state index in [0.717, 1.165) is 35.8 Å². The summed E-state index contributed by atoms with van der Waals surface area (Å²) < 4.78 is 2.24. The Morgan fingerprint density at radius 1 is 1.19 bits per heavy atom. The maximum absolute atomic E-state index is 6.32. The highest BCUT2D eigenvalue weighted by atomic mass is 15.3. The normalized spacial score (nSPS) is 16.1. The van der Waals surface area contributed by atoms with Gasteiger partial charge in [0.25, 0.3) is 0 Å². The lowest BCUT2D eigenvalue weighted by Gasteiger charge is -2.27. The average Bonchev–Trinajstić information content (AvgIpc) is 2.81. The minimum Gasteiger partial charge on any atom is -0.398 e. The van der Waals surface area contributed by atoms with Crippen LogP contribution in [0.4, 0.5) is 11.6 Å². The van der Waals surface area contributed by atoms with Crippen molar-refractivity contribution in [3.63, 3.8) is 0 Å². The Bertz CT molecular complexity index is 663. The fraction of sp³-hybridized carbons (Fsp3) is 0.588. The van der Waals surface area contributed by atoms with Crippen LogP contribution in [-0.4, -0.2) is 22.6 Å². The third-order valence-electron chi connectivity index (χ3n) is 4.74. The van der Waals surface area contributed by atoms with Crippen molar-refractivity contribution in [1.29, 1.82) is 0 Å². The zero-order chi connectivity index (χ0) is 15.1. The second kappa shape index (κ2) is 5.24. The lowest BCUT2D eigenvalue weighted by atomic mass is 9.97. The van der Waals surface area contributed by atoms with Gasteiger partial charge in [-0.25, -0.2) is 4.98 Å². The van der Waals surface area contributed by atoms with Gasteiger partial charge in [-0.15, -0.1) is 0 Å². The fourth-order valence-corrected chi connectivity index (χ4v) is 3.36. The molecule has 2 heterocycles. The molecule has 2 aromatic rings. The largest absolute Gasteiger partial charge is 0.398 e. The molecule has 0 saturated carbocycles. The summed E-state index contributed by atoms with van der Waals surface area (Å²) in [6.07, 6.45) is 3.87. The highest BCUT2D eigenvalue weighted by molar-refractivity contribution is 5.88. The molecule has 1 aliphatic rings. The van der Waals surface area contributed by atoms with E-state index >= 15 is 0 Å². The Kier molecular flexibility index (Phi) is 3.56. The van der Waals surface area contributed by atoms with Crippen molar-refractivity contribution in [2.24, 2.45) is 7.05 Å². The predicted octanol–water partition coefficient (Wildman–Crippen LogP) is 3.58. The summed E-state index contributed by atoms with van der Waals surface area (Å²) in [5, 5.41) is 0. The molecule has 1 aliphatic heterocycles. The molecular formula is C17H26N4. The van der Waals surface area contributed by atoms with E-state index in [1.54, 1.807) is 0 Å². The first-order valence-corrected chi connectivity index (χ1v) is 8.01. The third kappa shape index (κ3) is 2.27. The molecule has 0 bridgehead atoms. The van der Waals surface area contributed by atoms with Gasteiger partial charge in [0.1, 0.15) is 0 Å². The number of benzene rings is 1. The maximum Gasteiger partial charge on any atom is 0.206 e. The van der Waals surface area contributed by atoms with Crippen LogP contribution in [0.15, 0.2) is 6.07 Å². The summed E-state index contributed by atoms with van der Waals surface area (Å²) in [6.45, 7) is 8.71. The van der Waals surface area contributed by atoms with Crippen molar-refractivity contribution in [2.45, 2.75) is 46.0 Å². The number of nitrogen functional groups attached to an aromatic ring is 1. The van der Waals surface area contributed by atoms with Gasteiger partial charge in [0.15, 0.2) is 0 Å². The first-order valence-electron chi connectivity index (χ1n) is 8.01. The van der Waals surface area contributed by atoms with E-state index in [9.17, 15) is 0 Å². The summed E-state index contributed by atoms with van der Waals surface area (Å²) >= 11 is 0. The monoisotopic (exact) mass is 286 g/mol. The van der Waals surface area contributed by atoms with E-state index in [2.05, 4.69) is 43.4 Å². The molecule has 4 nitrogen and oxygen atoms in total. The van der Waals surface area contributed by atoms with Crippen molar-refractivity contribution in [3.05, 3.63) is 17.2 Å². The van der Waals surface area contributed by atoms with Crippen LogP contribution >= 0.6 is 0 Å². The first-order chi connectivity index (χ1) is 10.0. The minimum absolute atomic E-state index is 0.432. The number of anilines is 2. The molecule has 0 amide bonds. The number of hydrogen-bond acceptors (Lipinski definition) is 3. The number of fused-ring (bicyclic) bond motifs is 1. The van der Waals surface area contributed by atoms with Gasteiger partial charge in [-0.1, -0.05) is 13.8 Å². The molecular weight excluding hydrogens is 260 g/mol. The van der Waals surface area contributed by atoms with Crippen LogP contribution in [0, 0.1) is 6.92 Å². The Morgan fingerprint density at radius 3 is 2.48 bits per heavy atom. The van der Waals surface area contributed by atoms with Crippen molar-refractivity contribution in [1.82, 2.24) is 9.55 Å². The van der Waals surface area contributed by atoms with Crippen LogP contribution in [-0.2, 0) is 7.05 Å². The predicted molar refractivity (Wildman–Crippen MR) is 90.0 cm³/mol. The highest BCUT2D eigenvalue weighted by Gasteiger charge is 2.20. The molecule has 21 heavy (non-hydrogen) atoms. The number of imidazole rings is 1. The van der Waals surface area contributed by atoms with E-state index in [-0.39, 0.29) is 0 Å². The zero-order valence-electron chi connectivity index (χ0n) is 13.6. The molecule has 0 unspecified atom stereocenters. The smallest absolute Gasteiger partial charge is 0.206 e. The van der Waals surface area contributed by atoms with Crippen molar-refractivity contribution in [3.8, 4) is 0 Å². The molecule has 3 rings (SSSR count). The van der Waals surface area contributed by atoms with Crippen molar-refractivity contribution in [2.75, 3.05) is 23.7 Å². The van der Waals surface area contributed by atoms with Crippen LogP contribution < -0.4 is 10.6 Å². The SMILES string of the molecule is Cc1c(N)c(C(C)C)cc2c1nc(N1CCCCC1)n2C. The topological polar surface area (TPSA) is 47.1 Å². The number of nitrogens with zero attached hydrogens (tertiary/aromatic N) is 3. The number of aryl methyl sites for hydroxylation is 2. The summed E-state index contributed by atoms with van der Waals surface area (Å²) in [6, 6.07) is 2.22. The summed E-state index contributed by atoms with van der Waals surface area (Å²) in [5.41, 5.74) is 11.8. The summed E-state index contributed by atoms with van der Waals surface area (Å²) in [5.74, 6) is 1.52. The number of piperidine rings is 1. The van der Waals surface area contributed by atoms with E-state index in [4.69, 9.17) is 10.7 Å². The molecule has 2 N–H and O–H groups in total. The molecule has 0 radical (unpaired) electrons. The molecule has 114 valence electrons. The third-order valence-corrected chi connectivity index (χ3v) is 4.74. The van der Waals surface area contributed by atoms with E-state index in [1.807, 2.05) is 0 Å². The van der Waals surface area contributed by atoms with Gasteiger partial charge in [0, 0.05) is 31.4 Å². The summed E-state index contributed by atoms with van der Waals surface area (Å²) in [7, 11) is 2.12. The minimum atomic E-state index is 0.432. The second-order valence-electron chi connectivity index (χ2n) is 6.55. The molecule has 1 fully saturated rings. The van der Waals surface area contributed by atoms with E-state index in [1.165, 1.54) is 30.3 Å². The van der Waals surface area contributed by atoms with Gasteiger partial charge in [0.2, 0.25) is 5.95 Å². The molecule has 1 aromatic heterocycles. The van der Waals surface area contributed by atoms with Crippen LogP contribution in [0.25, 0.3) is 11.0 Å². The second-order valence-corrected chi connectivity index (χ2v) is 6.55. The van der Waals surface area contributed by atoms with Gasteiger partial charge in [-0.2, -0.15) is 0 Å². The Balaban J connectivity index is 2.17. The van der Waals surface area contributed by atoms with Crippen molar-refractivity contribution < 1.29 is 0 Å². The molecule has 4 heteroatoms. The van der Waals surface area contributed by atoms with E-state index in [0.29, 0.717) is 5.92 Å². The number of hydrogen-bond donors (Lipinski definition) is 1. The lowest BCUT2D eigenvalue weighted by molar-refractivity contribution is 0.563. The molecule has 0 aliphatic carbocycles. The number of rotatable bonds is 2. The van der Waals surface area contributed by atoms with Crippen LogP contribution in [0.3, 0.4) is 0 Å². The Labute approximate surface area is 126 Å². The van der Waals surface area contributed by atoms with Gasteiger partial charge in [0.05, 0.1) is 11.0 Å². The number of nitrogens with two attached hydrogens (primary N) is 1. The lowest BCUT2D eigenvalue weighted by Crippen LogP contribution is -2.31. The average molecular weight is 286 g/mol. The number of aromatic nitrogens is 2. The van der Waals surface area contributed by atoms with E-state index < -0.39 is 0 Å². The molecule has 0 spiro atoms. The zero-order valence-corrected chi connectivity index (χ0v) is 13.6. The fourth-order valence-electron chi connectivity index (χ4n) is 3.36. The Morgan fingerprint density at radius 2 is 1.86 bits per heavy atom. The quantitative estimate of drug-likeness (QED) is 0.858. The van der Waals surface area contributed by atoms with Gasteiger partial charge >= 0.3 is 0 Å². The van der Waals surface area contributed by atoms with Gasteiger partial charge in [-0.05, 0) is 43.7 Å².